The van der Waals surface area contributed by atoms with Crippen molar-refractivity contribution in [1.29, 1.82) is 5.26 Å². The first-order valence-electron chi connectivity index (χ1n) is 8.04. The summed E-state index contributed by atoms with van der Waals surface area (Å²) in [6.07, 6.45) is 0. The molecule has 0 unspecified atom stereocenters. The molecule has 1 aromatic heterocycles. The summed E-state index contributed by atoms with van der Waals surface area (Å²) < 4.78 is 0.962. The summed E-state index contributed by atoms with van der Waals surface area (Å²) in [5.74, 6) is -0.728. The Morgan fingerprint density at radius 2 is 2.04 bits per heavy atom. The molecule has 2 aromatic rings. The van der Waals surface area contributed by atoms with Gasteiger partial charge in [0.2, 0.25) is 5.91 Å². The Kier molecular flexibility index (Phi) is 5.86. The third-order valence-electron chi connectivity index (χ3n) is 3.79. The number of aryl methyl sites for hydroxylation is 1. The van der Waals surface area contributed by atoms with Crippen LogP contribution in [0.3, 0.4) is 0 Å². The zero-order valence-corrected chi connectivity index (χ0v) is 14.8. The lowest BCUT2D eigenvalue weighted by atomic mass is 10.1. The maximum atomic E-state index is 12.2. The lowest BCUT2D eigenvalue weighted by molar-refractivity contribution is -0.117. The van der Waals surface area contributed by atoms with Crippen LogP contribution in [0.25, 0.3) is 0 Å². The van der Waals surface area contributed by atoms with Crippen LogP contribution < -0.4 is 16.2 Å². The summed E-state index contributed by atoms with van der Waals surface area (Å²) in [7, 11) is 0. The topological polar surface area (TPSA) is 117 Å². The van der Waals surface area contributed by atoms with E-state index in [1.54, 1.807) is 38.1 Å². The Balaban J connectivity index is 2.19. The molecule has 2 amide bonds. The Bertz CT molecular complexity index is 956. The van der Waals surface area contributed by atoms with E-state index in [0.29, 0.717) is 29.1 Å². The molecule has 0 aliphatic rings. The van der Waals surface area contributed by atoms with E-state index >= 15 is 0 Å². The molecule has 0 bridgehead atoms. The summed E-state index contributed by atoms with van der Waals surface area (Å²) in [5.41, 5.74) is 1.22. The number of carbonyl (C=O) groups excluding carboxylic acids is 2. The second kappa shape index (κ2) is 8.07. The quantitative estimate of drug-likeness (QED) is 0.835. The number of nitriles is 1. The zero-order valence-electron chi connectivity index (χ0n) is 14.8. The van der Waals surface area contributed by atoms with Gasteiger partial charge in [0.25, 0.3) is 11.5 Å². The Morgan fingerprint density at radius 1 is 1.31 bits per heavy atom. The number of carbonyl (C=O) groups is 2. The van der Waals surface area contributed by atoms with Crippen molar-refractivity contribution < 1.29 is 9.59 Å². The summed E-state index contributed by atoms with van der Waals surface area (Å²) in [6, 6.07) is 8.31. The maximum Gasteiger partial charge on any atom is 0.285 e. The van der Waals surface area contributed by atoms with E-state index in [9.17, 15) is 14.4 Å². The molecule has 0 aliphatic heterocycles. The lowest BCUT2D eigenvalue weighted by Gasteiger charge is -2.10. The molecule has 2 N–H and O–H groups in total. The van der Waals surface area contributed by atoms with Gasteiger partial charge < -0.3 is 10.6 Å². The Morgan fingerprint density at radius 3 is 2.69 bits per heavy atom. The van der Waals surface area contributed by atoms with Crippen molar-refractivity contribution in [2.45, 2.75) is 27.3 Å². The maximum absolute atomic E-state index is 12.2. The number of nitrogens with one attached hydrogen (secondary N) is 2. The van der Waals surface area contributed by atoms with Gasteiger partial charge in [0.1, 0.15) is 18.2 Å². The first-order valence-corrected chi connectivity index (χ1v) is 8.04. The van der Waals surface area contributed by atoms with Gasteiger partial charge in [0, 0.05) is 17.8 Å². The summed E-state index contributed by atoms with van der Waals surface area (Å²) >= 11 is 0. The predicted octanol–water partition coefficient (Wildman–Crippen LogP) is 1.12. The van der Waals surface area contributed by atoms with Gasteiger partial charge >= 0.3 is 0 Å². The molecule has 0 spiro atoms. The number of aromatic nitrogens is 2. The highest BCUT2D eigenvalue weighted by Gasteiger charge is 2.14. The minimum atomic E-state index is -0.609. The fourth-order valence-electron chi connectivity index (χ4n) is 2.35. The number of nitrogens with zero attached hydrogens (tertiary/aromatic N) is 3. The van der Waals surface area contributed by atoms with Gasteiger partial charge in [-0.15, -0.1) is 0 Å². The van der Waals surface area contributed by atoms with Crippen LogP contribution in [0.2, 0.25) is 0 Å². The highest BCUT2D eigenvalue weighted by molar-refractivity contribution is 5.97. The minimum absolute atomic E-state index is 0.0245. The Labute approximate surface area is 150 Å². The highest BCUT2D eigenvalue weighted by atomic mass is 16.2. The van der Waals surface area contributed by atoms with E-state index in [1.807, 2.05) is 13.0 Å². The number of benzene rings is 1. The molecule has 1 aromatic carbocycles. The van der Waals surface area contributed by atoms with E-state index in [-0.39, 0.29) is 18.0 Å². The molecular weight excluding hydrogens is 334 g/mol. The van der Waals surface area contributed by atoms with Crippen molar-refractivity contribution in [3.8, 4) is 6.07 Å². The van der Waals surface area contributed by atoms with E-state index < -0.39 is 11.5 Å². The number of anilines is 1. The smallest absolute Gasteiger partial charge is 0.285 e. The molecule has 134 valence electrons. The van der Waals surface area contributed by atoms with Gasteiger partial charge in [-0.2, -0.15) is 10.4 Å². The minimum Gasteiger partial charge on any atom is -0.352 e. The van der Waals surface area contributed by atoms with E-state index in [4.69, 9.17) is 5.26 Å². The fraction of sp³-hybridized carbons (Fsp3) is 0.278. The average molecular weight is 353 g/mol. The second-order valence-corrected chi connectivity index (χ2v) is 5.65. The van der Waals surface area contributed by atoms with Crippen LogP contribution in [0.15, 0.2) is 29.1 Å². The van der Waals surface area contributed by atoms with Crippen molar-refractivity contribution in [3.05, 3.63) is 57.0 Å². The van der Waals surface area contributed by atoms with Crippen LogP contribution in [-0.4, -0.2) is 28.1 Å². The lowest BCUT2D eigenvalue weighted by Crippen LogP contribution is -2.32. The van der Waals surface area contributed by atoms with Gasteiger partial charge in [-0.05, 0) is 44.5 Å². The standard InChI is InChI=1S/C18H19N5O3/c1-4-20-17(25)13-6-5-7-14(8-13)21-16(24)10-23-18(26)15(9-19)11(2)12(3)22-23/h5-8H,4,10H2,1-3H3,(H,20,25)(H,21,24). The van der Waals surface area contributed by atoms with Crippen LogP contribution in [-0.2, 0) is 11.3 Å². The van der Waals surface area contributed by atoms with Crippen LogP contribution >= 0.6 is 0 Å². The first kappa shape index (κ1) is 18.9. The van der Waals surface area contributed by atoms with Gasteiger partial charge in [-0.1, -0.05) is 6.07 Å². The third kappa shape index (κ3) is 4.13. The van der Waals surface area contributed by atoms with Crippen LogP contribution in [0.5, 0.6) is 0 Å². The van der Waals surface area contributed by atoms with Crippen molar-refractivity contribution >= 4 is 17.5 Å². The van der Waals surface area contributed by atoms with Crippen LogP contribution in [0, 0.1) is 25.2 Å². The SMILES string of the molecule is CCNC(=O)c1cccc(NC(=O)Cn2nc(C)c(C)c(C#N)c2=O)c1. The van der Waals surface area contributed by atoms with Gasteiger partial charge in [0.05, 0.1) is 5.69 Å². The molecule has 8 heteroatoms. The van der Waals surface area contributed by atoms with Crippen molar-refractivity contribution in [2.24, 2.45) is 0 Å². The molecule has 1 heterocycles. The van der Waals surface area contributed by atoms with E-state index in [2.05, 4.69) is 15.7 Å². The summed E-state index contributed by atoms with van der Waals surface area (Å²) in [6.45, 7) is 5.28. The summed E-state index contributed by atoms with van der Waals surface area (Å²) in [5, 5.41) is 18.5. The van der Waals surface area contributed by atoms with Gasteiger partial charge in [0.15, 0.2) is 0 Å². The number of rotatable bonds is 5. The molecular formula is C18H19N5O3. The Hall–Kier alpha value is -3.47. The van der Waals surface area contributed by atoms with Gasteiger partial charge in [-0.3, -0.25) is 14.4 Å². The molecule has 8 nitrogen and oxygen atoms in total. The van der Waals surface area contributed by atoms with E-state index in [1.165, 1.54) is 0 Å². The van der Waals surface area contributed by atoms with Crippen LogP contribution in [0.4, 0.5) is 5.69 Å². The number of amides is 2. The monoisotopic (exact) mass is 353 g/mol. The van der Waals surface area contributed by atoms with Crippen molar-refractivity contribution in [1.82, 2.24) is 15.1 Å². The number of hydrogen-bond acceptors (Lipinski definition) is 5. The fourth-order valence-corrected chi connectivity index (χ4v) is 2.35. The third-order valence-corrected chi connectivity index (χ3v) is 3.79. The molecule has 0 atom stereocenters. The zero-order chi connectivity index (χ0) is 19.3. The first-order chi connectivity index (χ1) is 12.4. The van der Waals surface area contributed by atoms with Crippen LogP contribution in [0.1, 0.15) is 34.1 Å². The predicted molar refractivity (Wildman–Crippen MR) is 95.8 cm³/mol. The largest absolute Gasteiger partial charge is 0.352 e. The van der Waals surface area contributed by atoms with Crippen molar-refractivity contribution in [2.75, 3.05) is 11.9 Å². The van der Waals surface area contributed by atoms with Crippen molar-refractivity contribution in [3.63, 3.8) is 0 Å². The average Bonchev–Trinajstić information content (AvgIpc) is 2.60. The molecule has 2 rings (SSSR count). The second-order valence-electron chi connectivity index (χ2n) is 5.65. The molecule has 26 heavy (non-hydrogen) atoms. The molecule has 0 aliphatic carbocycles. The number of hydrogen-bond donors (Lipinski definition) is 2. The van der Waals surface area contributed by atoms with Gasteiger partial charge in [-0.25, -0.2) is 4.68 Å². The molecule has 0 radical (unpaired) electrons. The summed E-state index contributed by atoms with van der Waals surface area (Å²) in [4.78, 5) is 36.3. The normalized spacial score (nSPS) is 10.1. The molecule has 0 saturated carbocycles. The molecule has 0 saturated heterocycles. The molecule has 0 fully saturated rings. The highest BCUT2D eigenvalue weighted by Crippen LogP contribution is 2.11. The van der Waals surface area contributed by atoms with E-state index in [0.717, 1.165) is 4.68 Å².